The van der Waals surface area contributed by atoms with Crippen LogP contribution in [0.4, 0.5) is 4.39 Å². The molecule has 3 rings (SSSR count). The molecule has 0 spiro atoms. The maximum Gasteiger partial charge on any atom is 0.326 e. The minimum absolute atomic E-state index is 0.211. The van der Waals surface area contributed by atoms with E-state index in [9.17, 15) is 14.0 Å². The minimum Gasteiger partial charge on any atom is -0.459 e. The Hall–Kier alpha value is -2.54. The summed E-state index contributed by atoms with van der Waals surface area (Å²) in [5, 5.41) is 2.23. The second-order valence-electron chi connectivity index (χ2n) is 6.60. The van der Waals surface area contributed by atoms with E-state index in [2.05, 4.69) is 4.98 Å². The molecule has 0 fully saturated rings. The van der Waals surface area contributed by atoms with E-state index in [-0.39, 0.29) is 17.9 Å². The standard InChI is InChI=1S/C18H17FN2O3S/c1-18(2,3)24-14(22)8-21-10-20-16-15(17(21)23)13(9-25-16)11-4-6-12(19)7-5-11/h4-7,9-10H,8H2,1-3H3. The molecule has 130 valence electrons. The molecule has 7 heteroatoms. The summed E-state index contributed by atoms with van der Waals surface area (Å²) >= 11 is 1.33. The van der Waals surface area contributed by atoms with Gasteiger partial charge in [0.1, 0.15) is 22.8 Å². The fourth-order valence-corrected chi connectivity index (χ4v) is 3.34. The van der Waals surface area contributed by atoms with Gasteiger partial charge in [-0.05, 0) is 38.5 Å². The van der Waals surface area contributed by atoms with Gasteiger partial charge in [0.05, 0.1) is 11.7 Å². The molecule has 25 heavy (non-hydrogen) atoms. The molecule has 0 saturated heterocycles. The third-order valence-electron chi connectivity index (χ3n) is 3.44. The highest BCUT2D eigenvalue weighted by atomic mass is 32.1. The van der Waals surface area contributed by atoms with Gasteiger partial charge in [-0.25, -0.2) is 9.37 Å². The molecule has 0 saturated carbocycles. The number of esters is 1. The van der Waals surface area contributed by atoms with Gasteiger partial charge in [-0.15, -0.1) is 11.3 Å². The van der Waals surface area contributed by atoms with Crippen LogP contribution in [0.3, 0.4) is 0 Å². The van der Waals surface area contributed by atoms with Crippen molar-refractivity contribution in [2.75, 3.05) is 0 Å². The van der Waals surface area contributed by atoms with Crippen LogP contribution in [0, 0.1) is 5.82 Å². The van der Waals surface area contributed by atoms with Gasteiger partial charge in [0.25, 0.3) is 5.56 Å². The Morgan fingerprint density at radius 2 is 1.96 bits per heavy atom. The lowest BCUT2D eigenvalue weighted by Crippen LogP contribution is -2.30. The SMILES string of the molecule is CC(C)(C)OC(=O)Cn1cnc2scc(-c3ccc(F)cc3)c2c1=O. The number of fused-ring (bicyclic) bond motifs is 1. The van der Waals surface area contributed by atoms with Crippen molar-refractivity contribution in [1.82, 2.24) is 9.55 Å². The highest BCUT2D eigenvalue weighted by Gasteiger charge is 2.19. The molecule has 0 N–H and O–H groups in total. The van der Waals surface area contributed by atoms with Crippen molar-refractivity contribution in [3.8, 4) is 11.1 Å². The first-order chi connectivity index (χ1) is 11.7. The van der Waals surface area contributed by atoms with Crippen LogP contribution < -0.4 is 5.56 Å². The minimum atomic E-state index is -0.625. The number of ether oxygens (including phenoxy) is 1. The first-order valence-corrected chi connectivity index (χ1v) is 8.57. The molecule has 1 aromatic carbocycles. The summed E-state index contributed by atoms with van der Waals surface area (Å²) in [7, 11) is 0. The van der Waals surface area contributed by atoms with Crippen LogP contribution in [-0.4, -0.2) is 21.1 Å². The van der Waals surface area contributed by atoms with E-state index >= 15 is 0 Å². The van der Waals surface area contributed by atoms with E-state index < -0.39 is 11.6 Å². The quantitative estimate of drug-likeness (QED) is 0.670. The highest BCUT2D eigenvalue weighted by Crippen LogP contribution is 2.30. The van der Waals surface area contributed by atoms with Gasteiger partial charge in [0.15, 0.2) is 0 Å². The van der Waals surface area contributed by atoms with Crippen molar-refractivity contribution < 1.29 is 13.9 Å². The van der Waals surface area contributed by atoms with Crippen molar-refractivity contribution in [1.29, 1.82) is 0 Å². The second kappa shape index (κ2) is 6.40. The zero-order valence-corrected chi connectivity index (χ0v) is 14.9. The first kappa shape index (κ1) is 17.3. The molecule has 0 atom stereocenters. The zero-order chi connectivity index (χ0) is 18.2. The monoisotopic (exact) mass is 360 g/mol. The van der Waals surface area contributed by atoms with Gasteiger partial charge in [-0.3, -0.25) is 14.2 Å². The van der Waals surface area contributed by atoms with E-state index in [4.69, 9.17) is 4.74 Å². The Labute approximate surface area is 147 Å². The first-order valence-electron chi connectivity index (χ1n) is 7.69. The fourth-order valence-electron chi connectivity index (χ4n) is 2.43. The number of rotatable bonds is 3. The third-order valence-corrected chi connectivity index (χ3v) is 4.32. The van der Waals surface area contributed by atoms with Crippen LogP contribution in [0.2, 0.25) is 0 Å². The maximum absolute atomic E-state index is 13.1. The number of hydrogen-bond acceptors (Lipinski definition) is 5. The zero-order valence-electron chi connectivity index (χ0n) is 14.1. The van der Waals surface area contributed by atoms with Crippen LogP contribution in [0.5, 0.6) is 0 Å². The van der Waals surface area contributed by atoms with E-state index in [1.807, 2.05) is 5.38 Å². The lowest BCUT2D eigenvalue weighted by atomic mass is 10.1. The summed E-state index contributed by atoms with van der Waals surface area (Å²) in [6.45, 7) is 5.08. The van der Waals surface area contributed by atoms with Gasteiger partial charge in [0.2, 0.25) is 0 Å². The predicted molar refractivity (Wildman–Crippen MR) is 95.1 cm³/mol. The van der Waals surface area contributed by atoms with Crippen molar-refractivity contribution in [3.05, 3.63) is 52.1 Å². The van der Waals surface area contributed by atoms with E-state index in [1.54, 1.807) is 32.9 Å². The van der Waals surface area contributed by atoms with E-state index in [0.717, 1.165) is 5.56 Å². The Bertz CT molecular complexity index is 984. The van der Waals surface area contributed by atoms with Gasteiger partial charge in [-0.2, -0.15) is 0 Å². The molecule has 5 nitrogen and oxygen atoms in total. The number of nitrogens with zero attached hydrogens (tertiary/aromatic N) is 2. The molecule has 2 heterocycles. The van der Waals surface area contributed by atoms with Crippen LogP contribution in [-0.2, 0) is 16.1 Å². The van der Waals surface area contributed by atoms with Crippen LogP contribution in [0.15, 0.2) is 40.8 Å². The largest absolute Gasteiger partial charge is 0.459 e. The summed E-state index contributed by atoms with van der Waals surface area (Å²) in [6, 6.07) is 5.91. The summed E-state index contributed by atoms with van der Waals surface area (Å²) in [4.78, 5) is 29.6. The van der Waals surface area contributed by atoms with Crippen molar-refractivity contribution in [2.45, 2.75) is 32.9 Å². The van der Waals surface area contributed by atoms with Gasteiger partial charge >= 0.3 is 5.97 Å². The average molecular weight is 360 g/mol. The summed E-state index contributed by atoms with van der Waals surface area (Å²) in [5.74, 6) is -0.849. The number of carbonyl (C=O) groups excluding carboxylic acids is 1. The Morgan fingerprint density at radius 3 is 2.60 bits per heavy atom. The van der Waals surface area contributed by atoms with E-state index in [0.29, 0.717) is 15.8 Å². The second-order valence-corrected chi connectivity index (χ2v) is 7.46. The normalized spacial score (nSPS) is 11.7. The molecule has 0 bridgehead atoms. The Morgan fingerprint density at radius 1 is 1.28 bits per heavy atom. The number of thiophene rings is 1. The molecule has 0 radical (unpaired) electrons. The fraction of sp³-hybridized carbons (Fsp3) is 0.278. The van der Waals surface area contributed by atoms with Crippen LogP contribution >= 0.6 is 11.3 Å². The van der Waals surface area contributed by atoms with Crippen molar-refractivity contribution >= 4 is 27.5 Å². The van der Waals surface area contributed by atoms with Crippen LogP contribution in [0.25, 0.3) is 21.3 Å². The third kappa shape index (κ3) is 3.76. The lowest BCUT2D eigenvalue weighted by molar-refractivity contribution is -0.155. The smallest absolute Gasteiger partial charge is 0.326 e. The molecule has 0 amide bonds. The summed E-state index contributed by atoms with van der Waals surface area (Å²) in [6.07, 6.45) is 1.35. The molecule has 0 unspecified atom stereocenters. The number of benzene rings is 1. The molecule has 0 aliphatic rings. The van der Waals surface area contributed by atoms with Crippen LogP contribution in [0.1, 0.15) is 20.8 Å². The van der Waals surface area contributed by atoms with Gasteiger partial charge < -0.3 is 4.74 Å². The van der Waals surface area contributed by atoms with Crippen molar-refractivity contribution in [3.63, 3.8) is 0 Å². The van der Waals surface area contributed by atoms with E-state index in [1.165, 1.54) is 34.4 Å². The number of halogens is 1. The molecular formula is C18H17FN2O3S. The predicted octanol–water partition coefficient (Wildman–Crippen LogP) is 3.61. The molecule has 0 aliphatic heterocycles. The number of carbonyl (C=O) groups is 1. The maximum atomic E-state index is 13.1. The number of hydrogen-bond donors (Lipinski definition) is 0. The summed E-state index contributed by atoms with van der Waals surface area (Å²) in [5.41, 5.74) is 0.453. The molecule has 3 aromatic rings. The van der Waals surface area contributed by atoms with Gasteiger partial charge in [0, 0.05) is 10.9 Å². The molecular weight excluding hydrogens is 343 g/mol. The van der Waals surface area contributed by atoms with Gasteiger partial charge in [-0.1, -0.05) is 12.1 Å². The number of aromatic nitrogens is 2. The molecule has 0 aliphatic carbocycles. The summed E-state index contributed by atoms with van der Waals surface area (Å²) < 4.78 is 19.6. The van der Waals surface area contributed by atoms with Crippen molar-refractivity contribution in [2.24, 2.45) is 0 Å². The topological polar surface area (TPSA) is 61.2 Å². The lowest BCUT2D eigenvalue weighted by Gasteiger charge is -2.19. The Kier molecular flexibility index (Phi) is 4.43. The molecule has 2 aromatic heterocycles. The average Bonchev–Trinajstić information content (AvgIpc) is 2.94. The highest BCUT2D eigenvalue weighted by molar-refractivity contribution is 7.17. The Balaban J connectivity index is 2.02.